The molecule has 0 saturated carbocycles. The number of hydrogen-bond donors (Lipinski definition) is 2. The number of amides is 1. The van der Waals surface area contributed by atoms with Crippen LogP contribution in [0.5, 0.6) is 0 Å². The highest BCUT2D eigenvalue weighted by Gasteiger charge is 2.24. The van der Waals surface area contributed by atoms with Crippen molar-refractivity contribution in [2.45, 2.75) is 30.5 Å². The first-order valence-corrected chi connectivity index (χ1v) is 12.7. The van der Waals surface area contributed by atoms with E-state index in [9.17, 15) is 22.4 Å². The summed E-state index contributed by atoms with van der Waals surface area (Å²) in [6.07, 6.45) is 6.79. The van der Waals surface area contributed by atoms with Crippen LogP contribution >= 0.6 is 0 Å². The third-order valence-electron chi connectivity index (χ3n) is 5.67. The number of benzene rings is 1. The van der Waals surface area contributed by atoms with Gasteiger partial charge in [-0.3, -0.25) is 14.6 Å². The fraction of sp³-hybridized carbons (Fsp3) is 0.208. The van der Waals surface area contributed by atoms with Crippen molar-refractivity contribution in [1.82, 2.24) is 25.1 Å². The number of ketones is 1. The number of rotatable bonds is 8. The summed E-state index contributed by atoms with van der Waals surface area (Å²) in [5.41, 5.74) is 7.72. The Kier molecular flexibility index (Phi) is 6.91. The van der Waals surface area contributed by atoms with E-state index in [1.165, 1.54) is 54.6 Å². The van der Waals surface area contributed by atoms with Crippen LogP contribution < -0.4 is 11.1 Å². The maximum Gasteiger partial charge on any atom is 0.254 e. The molecule has 0 bridgehead atoms. The molecule has 3 N–H and O–H groups in total. The number of nitrogens with two attached hydrogens (primary N) is 1. The number of aromatic nitrogens is 4. The van der Waals surface area contributed by atoms with Gasteiger partial charge in [0.15, 0.2) is 14.9 Å². The van der Waals surface area contributed by atoms with E-state index in [1.807, 2.05) is 0 Å². The van der Waals surface area contributed by atoms with E-state index in [0.717, 1.165) is 6.26 Å². The number of pyridine rings is 2. The smallest absolute Gasteiger partial charge is 0.254 e. The lowest BCUT2D eigenvalue weighted by Gasteiger charge is -2.22. The number of sulfone groups is 1. The molecule has 3 heterocycles. The number of fused-ring (bicyclic) bond motifs is 1. The van der Waals surface area contributed by atoms with Crippen molar-refractivity contribution in [3.05, 3.63) is 78.1 Å². The van der Waals surface area contributed by atoms with Crippen LogP contribution in [0.4, 0.5) is 4.39 Å². The molecule has 3 aromatic heterocycles. The van der Waals surface area contributed by atoms with Gasteiger partial charge < -0.3 is 11.1 Å². The average Bonchev–Trinajstić information content (AvgIpc) is 3.27. The van der Waals surface area contributed by atoms with Gasteiger partial charge in [-0.25, -0.2) is 22.5 Å². The lowest BCUT2D eigenvalue weighted by atomic mass is 9.98. The monoisotopic (exact) mass is 510 g/mol. The predicted molar refractivity (Wildman–Crippen MR) is 130 cm³/mol. The summed E-state index contributed by atoms with van der Waals surface area (Å²) in [6.45, 7) is 1.34. The Balaban J connectivity index is 1.70. The van der Waals surface area contributed by atoms with E-state index in [-0.39, 0.29) is 22.8 Å². The molecule has 0 radical (unpaired) electrons. The molecule has 4 aromatic rings. The first kappa shape index (κ1) is 25.1. The minimum atomic E-state index is -3.61. The summed E-state index contributed by atoms with van der Waals surface area (Å²) in [4.78, 5) is 33.2. The van der Waals surface area contributed by atoms with Gasteiger partial charge in [0.25, 0.3) is 5.91 Å². The van der Waals surface area contributed by atoms with Gasteiger partial charge >= 0.3 is 0 Å². The standard InChI is InChI=1S/C24H23FN6O4S/c1-14(32)20(26)10-21(15-7-8-28-23(9-15)36(2,34)35)30-24(33)19-11-27-13-22-18(19)12-29-31(22)17-5-3-16(25)4-6-17/h3-9,11-13,20-21H,10,26H2,1-2H3,(H,30,33)/t20?,21-/m0/s1. The first-order chi connectivity index (χ1) is 17.0. The van der Waals surface area contributed by atoms with Crippen LogP contribution in [-0.2, 0) is 14.6 Å². The fourth-order valence-electron chi connectivity index (χ4n) is 3.69. The lowest BCUT2D eigenvalue weighted by Crippen LogP contribution is -2.37. The van der Waals surface area contributed by atoms with E-state index in [0.29, 0.717) is 22.2 Å². The summed E-state index contributed by atoms with van der Waals surface area (Å²) in [6, 6.07) is 6.93. The Morgan fingerprint density at radius 3 is 2.53 bits per heavy atom. The highest BCUT2D eigenvalue weighted by Crippen LogP contribution is 2.24. The zero-order valence-corrected chi connectivity index (χ0v) is 20.2. The number of carbonyl (C=O) groups is 2. The van der Waals surface area contributed by atoms with Crippen LogP contribution in [0, 0.1) is 5.82 Å². The van der Waals surface area contributed by atoms with Crippen LogP contribution in [-0.4, -0.2) is 52.2 Å². The fourth-order valence-corrected chi connectivity index (χ4v) is 4.29. The van der Waals surface area contributed by atoms with Crippen LogP contribution in [0.25, 0.3) is 16.6 Å². The van der Waals surface area contributed by atoms with Crippen molar-refractivity contribution in [3.63, 3.8) is 0 Å². The lowest BCUT2D eigenvalue weighted by molar-refractivity contribution is -0.118. The van der Waals surface area contributed by atoms with Crippen LogP contribution in [0.2, 0.25) is 0 Å². The summed E-state index contributed by atoms with van der Waals surface area (Å²) >= 11 is 0. The van der Waals surface area contributed by atoms with Gasteiger partial charge in [-0.05, 0) is 55.3 Å². The van der Waals surface area contributed by atoms with Crippen molar-refractivity contribution in [2.24, 2.45) is 5.73 Å². The summed E-state index contributed by atoms with van der Waals surface area (Å²) in [7, 11) is -3.61. The average molecular weight is 511 g/mol. The molecule has 12 heteroatoms. The van der Waals surface area contributed by atoms with E-state index >= 15 is 0 Å². The largest absolute Gasteiger partial charge is 0.345 e. The van der Waals surface area contributed by atoms with Crippen LogP contribution in [0.15, 0.2) is 66.2 Å². The molecule has 2 atom stereocenters. The maximum absolute atomic E-state index is 13.4. The molecule has 1 aromatic carbocycles. The van der Waals surface area contributed by atoms with E-state index in [1.54, 1.807) is 18.2 Å². The van der Waals surface area contributed by atoms with Crippen molar-refractivity contribution in [3.8, 4) is 5.69 Å². The molecule has 0 aliphatic heterocycles. The second-order valence-electron chi connectivity index (χ2n) is 8.33. The number of nitrogens with one attached hydrogen (secondary N) is 1. The zero-order valence-electron chi connectivity index (χ0n) is 19.4. The maximum atomic E-state index is 13.4. The Hall–Kier alpha value is -4.03. The van der Waals surface area contributed by atoms with Gasteiger partial charge in [-0.2, -0.15) is 5.10 Å². The molecule has 10 nitrogen and oxygen atoms in total. The van der Waals surface area contributed by atoms with Gasteiger partial charge in [-0.1, -0.05) is 0 Å². The third kappa shape index (κ3) is 5.29. The second kappa shape index (κ2) is 9.91. The van der Waals surface area contributed by atoms with Crippen LogP contribution in [0.3, 0.4) is 0 Å². The highest BCUT2D eigenvalue weighted by molar-refractivity contribution is 7.90. The van der Waals surface area contributed by atoms with Crippen molar-refractivity contribution in [2.75, 3.05) is 6.26 Å². The van der Waals surface area contributed by atoms with Crippen molar-refractivity contribution in [1.29, 1.82) is 0 Å². The first-order valence-electron chi connectivity index (χ1n) is 10.8. The minimum Gasteiger partial charge on any atom is -0.345 e. The molecule has 0 aliphatic carbocycles. The zero-order chi connectivity index (χ0) is 26.0. The quantitative estimate of drug-likeness (QED) is 0.366. The summed E-state index contributed by atoms with van der Waals surface area (Å²) < 4.78 is 38.9. The molecular weight excluding hydrogens is 487 g/mol. The van der Waals surface area contributed by atoms with Gasteiger partial charge in [-0.15, -0.1) is 0 Å². The SMILES string of the molecule is CC(=O)C(N)C[C@H](NC(=O)c1cncc2c1cnn2-c1ccc(F)cc1)c1ccnc(S(C)(=O)=O)c1. The van der Waals surface area contributed by atoms with Gasteiger partial charge in [0.05, 0.1) is 41.2 Å². The molecule has 0 aliphatic rings. The van der Waals surface area contributed by atoms with Gasteiger partial charge in [0.1, 0.15) is 11.6 Å². The normalized spacial score (nSPS) is 13.3. The molecule has 36 heavy (non-hydrogen) atoms. The van der Waals surface area contributed by atoms with E-state index in [2.05, 4.69) is 20.4 Å². The third-order valence-corrected chi connectivity index (χ3v) is 6.65. The molecule has 1 unspecified atom stereocenters. The number of Topliss-reactive ketones (excluding diaryl/α,β-unsaturated/α-hetero) is 1. The van der Waals surface area contributed by atoms with Gasteiger partial charge in [0, 0.05) is 24.0 Å². The molecule has 186 valence electrons. The Morgan fingerprint density at radius 1 is 1.14 bits per heavy atom. The molecule has 0 fully saturated rings. The topological polar surface area (TPSA) is 150 Å². The van der Waals surface area contributed by atoms with Crippen molar-refractivity contribution >= 4 is 32.4 Å². The van der Waals surface area contributed by atoms with Crippen molar-refractivity contribution < 1.29 is 22.4 Å². The highest BCUT2D eigenvalue weighted by atomic mass is 32.2. The van der Waals surface area contributed by atoms with Crippen LogP contribution in [0.1, 0.15) is 35.3 Å². The Bertz CT molecular complexity index is 1550. The predicted octanol–water partition coefficient (Wildman–Crippen LogP) is 2.14. The second-order valence-corrected chi connectivity index (χ2v) is 10.3. The number of nitrogens with zero attached hydrogens (tertiary/aromatic N) is 4. The number of carbonyl (C=O) groups excluding carboxylic acids is 2. The number of hydrogen-bond acceptors (Lipinski definition) is 8. The van der Waals surface area contributed by atoms with E-state index < -0.39 is 33.6 Å². The molecule has 0 saturated heterocycles. The Labute approximate surface area is 206 Å². The van der Waals surface area contributed by atoms with E-state index in [4.69, 9.17) is 5.73 Å². The number of halogens is 1. The molecule has 0 spiro atoms. The van der Waals surface area contributed by atoms with Gasteiger partial charge in [0.2, 0.25) is 0 Å². The minimum absolute atomic E-state index is 0.0343. The molecular formula is C24H23FN6O4S. The summed E-state index contributed by atoms with van der Waals surface area (Å²) in [5, 5.41) is 7.49. The Morgan fingerprint density at radius 2 is 1.86 bits per heavy atom. The summed E-state index contributed by atoms with van der Waals surface area (Å²) in [5.74, 6) is -1.19. The molecule has 4 rings (SSSR count). The molecule has 1 amide bonds.